The van der Waals surface area contributed by atoms with Crippen LogP contribution in [-0.4, -0.2) is 63.6 Å². The molecule has 0 radical (unpaired) electrons. The Balaban J connectivity index is 3.29. The summed E-state index contributed by atoms with van der Waals surface area (Å²) in [5.74, 6) is -0.365. The SMILES string of the molecule is C=C(C)C(=O)OCC(S)CNCCNCCNCCN. The van der Waals surface area contributed by atoms with Gasteiger partial charge in [-0.3, -0.25) is 0 Å². The first-order valence-electron chi connectivity index (χ1n) is 6.90. The summed E-state index contributed by atoms with van der Waals surface area (Å²) >= 11 is 4.34. The number of nitrogens with two attached hydrogens (primary N) is 1. The highest BCUT2D eigenvalue weighted by molar-refractivity contribution is 7.81. The second kappa shape index (κ2) is 13.4. The van der Waals surface area contributed by atoms with Gasteiger partial charge >= 0.3 is 5.97 Å². The summed E-state index contributed by atoms with van der Waals surface area (Å²) in [5.41, 5.74) is 5.77. The minimum Gasteiger partial charge on any atom is -0.461 e. The van der Waals surface area contributed by atoms with E-state index in [-0.39, 0.29) is 17.8 Å². The van der Waals surface area contributed by atoms with E-state index in [0.717, 1.165) is 32.7 Å². The van der Waals surface area contributed by atoms with Crippen molar-refractivity contribution in [2.45, 2.75) is 12.2 Å². The molecule has 0 aromatic carbocycles. The van der Waals surface area contributed by atoms with Crippen molar-refractivity contribution < 1.29 is 9.53 Å². The zero-order valence-electron chi connectivity index (χ0n) is 12.3. The third-order valence-electron chi connectivity index (χ3n) is 2.41. The van der Waals surface area contributed by atoms with E-state index in [9.17, 15) is 4.79 Å². The van der Waals surface area contributed by atoms with Gasteiger partial charge in [0.15, 0.2) is 0 Å². The molecule has 0 spiro atoms. The van der Waals surface area contributed by atoms with E-state index in [1.165, 1.54) is 0 Å². The summed E-state index contributed by atoms with van der Waals surface area (Å²) in [6.45, 7) is 11.2. The van der Waals surface area contributed by atoms with Gasteiger partial charge in [-0.15, -0.1) is 0 Å². The fourth-order valence-corrected chi connectivity index (χ4v) is 1.53. The van der Waals surface area contributed by atoms with E-state index < -0.39 is 0 Å². The lowest BCUT2D eigenvalue weighted by molar-refractivity contribution is -0.138. The Morgan fingerprint density at radius 1 is 1.20 bits per heavy atom. The molecule has 0 fully saturated rings. The number of carbonyl (C=O) groups is 1. The van der Waals surface area contributed by atoms with Crippen molar-refractivity contribution in [1.29, 1.82) is 0 Å². The number of hydrogen-bond donors (Lipinski definition) is 5. The van der Waals surface area contributed by atoms with Crippen molar-refractivity contribution in [2.75, 3.05) is 52.4 Å². The molecular weight excluding hydrogens is 276 g/mol. The third-order valence-corrected chi connectivity index (χ3v) is 2.75. The first-order chi connectivity index (χ1) is 9.57. The standard InChI is InChI=1S/C13H28N4O2S/c1-11(2)13(18)19-10-12(20)9-17-8-7-16-6-5-15-4-3-14/h12,15-17,20H,1,3-10,14H2,2H3. The van der Waals surface area contributed by atoms with E-state index in [0.29, 0.717) is 18.7 Å². The van der Waals surface area contributed by atoms with Crippen LogP contribution in [0.25, 0.3) is 0 Å². The van der Waals surface area contributed by atoms with E-state index in [4.69, 9.17) is 10.5 Å². The van der Waals surface area contributed by atoms with Gasteiger partial charge in [0, 0.05) is 56.6 Å². The van der Waals surface area contributed by atoms with Gasteiger partial charge in [-0.05, 0) is 6.92 Å². The predicted molar refractivity (Wildman–Crippen MR) is 86.2 cm³/mol. The van der Waals surface area contributed by atoms with Crippen molar-refractivity contribution in [3.05, 3.63) is 12.2 Å². The third kappa shape index (κ3) is 12.4. The molecule has 0 aliphatic heterocycles. The van der Waals surface area contributed by atoms with Crippen LogP contribution >= 0.6 is 12.6 Å². The molecule has 0 saturated heterocycles. The summed E-state index contributed by atoms with van der Waals surface area (Å²) in [5, 5.41) is 9.74. The Bertz CT molecular complexity index is 277. The summed E-state index contributed by atoms with van der Waals surface area (Å²) in [6.07, 6.45) is 0. The lowest BCUT2D eigenvalue weighted by Crippen LogP contribution is -2.36. The molecule has 5 N–H and O–H groups in total. The van der Waals surface area contributed by atoms with Crippen LogP contribution in [0.15, 0.2) is 12.2 Å². The molecule has 6 nitrogen and oxygen atoms in total. The summed E-state index contributed by atoms with van der Waals surface area (Å²) in [6, 6.07) is 0. The molecule has 0 aromatic rings. The molecule has 1 unspecified atom stereocenters. The van der Waals surface area contributed by atoms with Crippen molar-refractivity contribution in [1.82, 2.24) is 16.0 Å². The highest BCUT2D eigenvalue weighted by Gasteiger charge is 2.07. The molecule has 0 amide bonds. The first kappa shape index (κ1) is 19.4. The van der Waals surface area contributed by atoms with Crippen LogP contribution in [0.4, 0.5) is 0 Å². The number of ether oxygens (including phenoxy) is 1. The van der Waals surface area contributed by atoms with Gasteiger partial charge in [-0.2, -0.15) is 12.6 Å². The van der Waals surface area contributed by atoms with Gasteiger partial charge in [-0.25, -0.2) is 4.79 Å². The van der Waals surface area contributed by atoms with Gasteiger partial charge in [0.1, 0.15) is 6.61 Å². The monoisotopic (exact) mass is 304 g/mol. The second-order valence-electron chi connectivity index (χ2n) is 4.53. The summed E-state index contributed by atoms with van der Waals surface area (Å²) in [4.78, 5) is 11.2. The first-order valence-corrected chi connectivity index (χ1v) is 7.42. The average molecular weight is 304 g/mol. The molecule has 0 aromatic heterocycles. The van der Waals surface area contributed by atoms with Crippen molar-refractivity contribution in [3.63, 3.8) is 0 Å². The van der Waals surface area contributed by atoms with Crippen LogP contribution < -0.4 is 21.7 Å². The maximum absolute atomic E-state index is 11.2. The minimum absolute atomic E-state index is 0.00970. The molecule has 0 bridgehead atoms. The van der Waals surface area contributed by atoms with E-state index >= 15 is 0 Å². The van der Waals surface area contributed by atoms with Crippen LogP contribution in [0.5, 0.6) is 0 Å². The van der Waals surface area contributed by atoms with Gasteiger partial charge in [0.25, 0.3) is 0 Å². The highest BCUT2D eigenvalue weighted by Crippen LogP contribution is 1.98. The number of rotatable bonds is 13. The Hall–Kier alpha value is -0.600. The number of nitrogens with one attached hydrogen (secondary N) is 3. The molecule has 0 aliphatic carbocycles. The molecular formula is C13H28N4O2S. The Morgan fingerprint density at radius 2 is 1.75 bits per heavy atom. The quantitative estimate of drug-likeness (QED) is 0.132. The number of hydrogen-bond acceptors (Lipinski definition) is 7. The smallest absolute Gasteiger partial charge is 0.333 e. The molecule has 7 heteroatoms. The molecule has 0 aliphatic rings. The van der Waals surface area contributed by atoms with Crippen molar-refractivity contribution in [2.24, 2.45) is 5.73 Å². The van der Waals surface area contributed by atoms with Crippen molar-refractivity contribution >= 4 is 18.6 Å². The topological polar surface area (TPSA) is 88.4 Å². The number of esters is 1. The molecule has 1 atom stereocenters. The Morgan fingerprint density at radius 3 is 2.30 bits per heavy atom. The maximum Gasteiger partial charge on any atom is 0.333 e. The zero-order valence-corrected chi connectivity index (χ0v) is 13.2. The van der Waals surface area contributed by atoms with Crippen LogP contribution in [0.3, 0.4) is 0 Å². The Kier molecular flexibility index (Phi) is 13.0. The predicted octanol–water partition coefficient (Wildman–Crippen LogP) is -0.868. The lowest BCUT2D eigenvalue weighted by Gasteiger charge is -2.13. The molecule has 118 valence electrons. The molecule has 0 rings (SSSR count). The van der Waals surface area contributed by atoms with E-state index in [2.05, 4.69) is 35.2 Å². The summed E-state index contributed by atoms with van der Waals surface area (Å²) in [7, 11) is 0. The number of thiol groups is 1. The second-order valence-corrected chi connectivity index (χ2v) is 5.26. The van der Waals surface area contributed by atoms with Gasteiger partial charge in [0.2, 0.25) is 0 Å². The Labute approximate surface area is 127 Å². The van der Waals surface area contributed by atoms with Gasteiger partial charge in [-0.1, -0.05) is 6.58 Å². The number of carbonyl (C=O) groups excluding carboxylic acids is 1. The highest BCUT2D eigenvalue weighted by atomic mass is 32.1. The van der Waals surface area contributed by atoms with E-state index in [1.807, 2.05) is 0 Å². The minimum atomic E-state index is -0.365. The lowest BCUT2D eigenvalue weighted by atomic mass is 10.3. The largest absolute Gasteiger partial charge is 0.461 e. The van der Waals surface area contributed by atoms with Crippen LogP contribution in [-0.2, 0) is 9.53 Å². The summed E-state index contributed by atoms with van der Waals surface area (Å²) < 4.78 is 5.01. The van der Waals surface area contributed by atoms with Crippen LogP contribution in [0, 0.1) is 0 Å². The van der Waals surface area contributed by atoms with Gasteiger partial charge in [0.05, 0.1) is 0 Å². The normalized spacial score (nSPS) is 12.2. The van der Waals surface area contributed by atoms with Crippen LogP contribution in [0.2, 0.25) is 0 Å². The molecule has 0 heterocycles. The average Bonchev–Trinajstić information content (AvgIpc) is 2.42. The molecule has 20 heavy (non-hydrogen) atoms. The zero-order chi connectivity index (χ0) is 15.2. The molecule has 0 saturated carbocycles. The fraction of sp³-hybridized carbons (Fsp3) is 0.769. The van der Waals surface area contributed by atoms with Gasteiger partial charge < -0.3 is 26.4 Å². The fourth-order valence-electron chi connectivity index (χ4n) is 1.33. The van der Waals surface area contributed by atoms with Crippen LogP contribution in [0.1, 0.15) is 6.92 Å². The van der Waals surface area contributed by atoms with E-state index in [1.54, 1.807) is 6.92 Å². The van der Waals surface area contributed by atoms with Crippen molar-refractivity contribution in [3.8, 4) is 0 Å². The maximum atomic E-state index is 11.2.